The summed E-state index contributed by atoms with van der Waals surface area (Å²) in [4.78, 5) is 15.4. The maximum Gasteiger partial charge on any atom is 0.319 e. The Morgan fingerprint density at radius 3 is 3.00 bits per heavy atom. The summed E-state index contributed by atoms with van der Waals surface area (Å²) in [6, 6.07) is 3.25. The van der Waals surface area contributed by atoms with Gasteiger partial charge in [-0.3, -0.25) is 4.98 Å². The summed E-state index contributed by atoms with van der Waals surface area (Å²) in [5.74, 6) is 0. The quantitative estimate of drug-likeness (QED) is 0.705. The summed E-state index contributed by atoms with van der Waals surface area (Å²) in [6.07, 6.45) is 4.58. The Kier molecular flexibility index (Phi) is 5.28. The first-order valence-electron chi connectivity index (χ1n) is 5.34. The predicted octanol–water partition coefficient (Wildman–Crippen LogP) is 1.36. The minimum absolute atomic E-state index is 0.00155. The zero-order valence-electron chi connectivity index (χ0n) is 9.31. The van der Waals surface area contributed by atoms with Crippen LogP contribution in [0.25, 0.3) is 0 Å². The summed E-state index contributed by atoms with van der Waals surface area (Å²) in [5, 5.41) is 14.2. The van der Waals surface area contributed by atoms with E-state index in [1.165, 1.54) is 0 Å². The third-order valence-electron chi connectivity index (χ3n) is 2.22. The average Bonchev–Trinajstić information content (AvgIpc) is 2.29. The van der Waals surface area contributed by atoms with E-state index in [1.807, 2.05) is 6.92 Å². The van der Waals surface area contributed by atoms with E-state index >= 15 is 0 Å². The van der Waals surface area contributed by atoms with Gasteiger partial charge in [-0.2, -0.15) is 0 Å². The van der Waals surface area contributed by atoms with Gasteiger partial charge in [-0.05, 0) is 25.0 Å². The van der Waals surface area contributed by atoms with Crippen LogP contribution in [0.5, 0.6) is 0 Å². The second-order valence-electron chi connectivity index (χ2n) is 3.46. The van der Waals surface area contributed by atoms with Gasteiger partial charge in [0.05, 0.1) is 11.9 Å². The number of hydrogen-bond donors (Lipinski definition) is 3. The zero-order chi connectivity index (χ0) is 11.8. The van der Waals surface area contributed by atoms with Crippen LogP contribution in [0.3, 0.4) is 0 Å². The molecule has 0 aliphatic rings. The van der Waals surface area contributed by atoms with Gasteiger partial charge in [0.2, 0.25) is 0 Å². The Labute approximate surface area is 94.9 Å². The number of aliphatic hydroxyl groups is 1. The first-order valence-corrected chi connectivity index (χ1v) is 5.34. The van der Waals surface area contributed by atoms with Crippen LogP contribution in [0.2, 0.25) is 0 Å². The Balaban J connectivity index is 2.41. The lowest BCUT2D eigenvalue weighted by Crippen LogP contribution is -2.38. The molecule has 0 radical (unpaired) electrons. The van der Waals surface area contributed by atoms with Crippen LogP contribution >= 0.6 is 0 Å². The third kappa shape index (κ3) is 4.27. The van der Waals surface area contributed by atoms with Crippen molar-refractivity contribution in [3.05, 3.63) is 24.5 Å². The van der Waals surface area contributed by atoms with Gasteiger partial charge in [-0.25, -0.2) is 4.79 Å². The fourth-order valence-electron chi connectivity index (χ4n) is 1.32. The predicted molar refractivity (Wildman–Crippen MR) is 62.2 cm³/mol. The van der Waals surface area contributed by atoms with Crippen molar-refractivity contribution in [1.29, 1.82) is 0 Å². The van der Waals surface area contributed by atoms with Crippen LogP contribution in [0, 0.1) is 0 Å². The minimum atomic E-state index is -0.270. The van der Waals surface area contributed by atoms with E-state index in [2.05, 4.69) is 15.6 Å². The van der Waals surface area contributed by atoms with Crippen molar-refractivity contribution in [2.75, 3.05) is 11.9 Å². The fraction of sp³-hybridized carbons (Fsp3) is 0.455. The lowest BCUT2D eigenvalue weighted by Gasteiger charge is -2.16. The first kappa shape index (κ1) is 12.4. The number of rotatable bonds is 5. The van der Waals surface area contributed by atoms with Crippen LogP contribution < -0.4 is 10.6 Å². The van der Waals surface area contributed by atoms with Gasteiger partial charge < -0.3 is 15.7 Å². The molecule has 1 unspecified atom stereocenters. The van der Waals surface area contributed by atoms with Gasteiger partial charge in [-0.1, -0.05) is 6.92 Å². The molecule has 2 amide bonds. The van der Waals surface area contributed by atoms with E-state index in [0.717, 1.165) is 6.42 Å². The zero-order valence-corrected chi connectivity index (χ0v) is 9.31. The maximum atomic E-state index is 11.5. The molecule has 0 bridgehead atoms. The second kappa shape index (κ2) is 6.79. The van der Waals surface area contributed by atoms with E-state index in [-0.39, 0.29) is 18.7 Å². The van der Waals surface area contributed by atoms with E-state index in [0.29, 0.717) is 12.1 Å². The molecule has 0 aromatic carbocycles. The average molecular weight is 223 g/mol. The van der Waals surface area contributed by atoms with Crippen LogP contribution in [0.15, 0.2) is 24.5 Å². The number of nitrogens with zero attached hydrogens (tertiary/aromatic N) is 1. The molecule has 0 saturated carbocycles. The molecule has 0 saturated heterocycles. The molecule has 0 fully saturated rings. The fourth-order valence-corrected chi connectivity index (χ4v) is 1.32. The van der Waals surface area contributed by atoms with Crippen molar-refractivity contribution in [3.8, 4) is 0 Å². The molecule has 1 heterocycles. The van der Waals surface area contributed by atoms with E-state index in [4.69, 9.17) is 5.11 Å². The number of anilines is 1. The molecule has 0 aliphatic carbocycles. The highest BCUT2D eigenvalue weighted by molar-refractivity contribution is 5.89. The van der Waals surface area contributed by atoms with Crippen molar-refractivity contribution < 1.29 is 9.90 Å². The normalized spacial score (nSPS) is 11.9. The van der Waals surface area contributed by atoms with Crippen molar-refractivity contribution in [3.63, 3.8) is 0 Å². The molecular weight excluding hydrogens is 206 g/mol. The summed E-state index contributed by atoms with van der Waals surface area (Å²) >= 11 is 0. The van der Waals surface area contributed by atoms with Crippen LogP contribution in [-0.2, 0) is 0 Å². The topological polar surface area (TPSA) is 74.2 Å². The van der Waals surface area contributed by atoms with E-state index < -0.39 is 0 Å². The van der Waals surface area contributed by atoms with Gasteiger partial charge in [0.25, 0.3) is 0 Å². The largest absolute Gasteiger partial charge is 0.396 e. The molecule has 1 aromatic heterocycles. The van der Waals surface area contributed by atoms with E-state index in [1.54, 1.807) is 24.5 Å². The number of carbonyl (C=O) groups is 1. The second-order valence-corrected chi connectivity index (χ2v) is 3.46. The molecule has 3 N–H and O–H groups in total. The number of aliphatic hydroxyl groups excluding tert-OH is 1. The van der Waals surface area contributed by atoms with E-state index in [9.17, 15) is 4.79 Å². The molecule has 0 aliphatic heterocycles. The number of urea groups is 1. The van der Waals surface area contributed by atoms with Crippen molar-refractivity contribution >= 4 is 11.7 Å². The number of carbonyl (C=O) groups excluding carboxylic acids is 1. The summed E-state index contributed by atoms with van der Waals surface area (Å²) in [7, 11) is 0. The van der Waals surface area contributed by atoms with Crippen LogP contribution in [-0.4, -0.2) is 28.8 Å². The van der Waals surface area contributed by atoms with Crippen molar-refractivity contribution in [2.24, 2.45) is 0 Å². The summed E-state index contributed by atoms with van der Waals surface area (Å²) < 4.78 is 0. The number of amides is 2. The lowest BCUT2D eigenvalue weighted by atomic mass is 10.2. The Bertz CT molecular complexity index is 316. The maximum absolute atomic E-state index is 11.5. The monoisotopic (exact) mass is 223 g/mol. The molecule has 1 rings (SSSR count). The summed E-state index contributed by atoms with van der Waals surface area (Å²) in [6.45, 7) is 2.04. The van der Waals surface area contributed by atoms with Gasteiger partial charge >= 0.3 is 6.03 Å². The van der Waals surface area contributed by atoms with Gasteiger partial charge in [0, 0.05) is 18.8 Å². The summed E-state index contributed by atoms with van der Waals surface area (Å²) in [5.41, 5.74) is 0.652. The van der Waals surface area contributed by atoms with Gasteiger partial charge in [0.15, 0.2) is 0 Å². The van der Waals surface area contributed by atoms with Crippen LogP contribution in [0.4, 0.5) is 10.5 Å². The molecule has 88 valence electrons. The van der Waals surface area contributed by atoms with Gasteiger partial charge in [-0.15, -0.1) is 0 Å². The smallest absolute Gasteiger partial charge is 0.319 e. The third-order valence-corrected chi connectivity index (χ3v) is 2.22. The SMILES string of the molecule is CCC(CCO)NC(=O)Nc1cccnc1. The highest BCUT2D eigenvalue weighted by Gasteiger charge is 2.09. The minimum Gasteiger partial charge on any atom is -0.396 e. The number of hydrogen-bond acceptors (Lipinski definition) is 3. The Hall–Kier alpha value is -1.62. The number of aromatic nitrogens is 1. The Morgan fingerprint density at radius 1 is 1.62 bits per heavy atom. The Morgan fingerprint density at radius 2 is 2.44 bits per heavy atom. The highest BCUT2D eigenvalue weighted by Crippen LogP contribution is 2.03. The molecule has 1 aromatic rings. The highest BCUT2D eigenvalue weighted by atomic mass is 16.3. The van der Waals surface area contributed by atoms with Crippen LogP contribution in [0.1, 0.15) is 19.8 Å². The molecule has 5 nitrogen and oxygen atoms in total. The number of nitrogens with one attached hydrogen (secondary N) is 2. The number of pyridine rings is 1. The molecule has 1 atom stereocenters. The lowest BCUT2D eigenvalue weighted by molar-refractivity contribution is 0.237. The van der Waals surface area contributed by atoms with Crippen molar-refractivity contribution in [2.45, 2.75) is 25.8 Å². The first-order chi connectivity index (χ1) is 7.76. The van der Waals surface area contributed by atoms with Gasteiger partial charge in [0.1, 0.15) is 0 Å². The molecule has 16 heavy (non-hydrogen) atoms. The molecule has 5 heteroatoms. The standard InChI is InChI=1S/C11H17N3O2/c1-2-9(5-7-15)13-11(16)14-10-4-3-6-12-8-10/h3-4,6,8-9,15H,2,5,7H2,1H3,(H2,13,14,16). The molecule has 0 spiro atoms. The van der Waals surface area contributed by atoms with Crippen molar-refractivity contribution in [1.82, 2.24) is 10.3 Å². The molecular formula is C11H17N3O2.